The molecule has 1 aromatic rings. The number of benzene rings is 1. The molecule has 156 valence electrons. The van der Waals surface area contributed by atoms with Crippen molar-refractivity contribution in [2.24, 2.45) is 0 Å². The van der Waals surface area contributed by atoms with Gasteiger partial charge in [0, 0.05) is 56.6 Å². The van der Waals surface area contributed by atoms with Crippen molar-refractivity contribution >= 4 is 21.7 Å². The highest BCUT2D eigenvalue weighted by molar-refractivity contribution is 7.88. The van der Waals surface area contributed by atoms with E-state index < -0.39 is 10.0 Å². The van der Waals surface area contributed by atoms with Gasteiger partial charge in [-0.25, -0.2) is 17.5 Å². The van der Waals surface area contributed by atoms with Gasteiger partial charge in [0.25, 0.3) is 0 Å². The van der Waals surface area contributed by atoms with Crippen LogP contribution in [0, 0.1) is 0 Å². The lowest BCUT2D eigenvalue weighted by Crippen LogP contribution is -2.59. The maximum atomic E-state index is 12.6. The van der Waals surface area contributed by atoms with E-state index in [2.05, 4.69) is 17.1 Å². The summed E-state index contributed by atoms with van der Waals surface area (Å²) in [6.45, 7) is 5.97. The van der Waals surface area contributed by atoms with E-state index in [0.717, 1.165) is 25.9 Å². The Morgan fingerprint density at radius 3 is 2.50 bits per heavy atom. The summed E-state index contributed by atoms with van der Waals surface area (Å²) >= 11 is 0. The number of hydrogen-bond donors (Lipinski definition) is 1. The number of piperazine rings is 1. The molecule has 0 unspecified atom stereocenters. The first-order valence-electron chi connectivity index (χ1n) is 9.67. The summed E-state index contributed by atoms with van der Waals surface area (Å²) < 4.78 is 30.6. The number of sulfonamides is 1. The second-order valence-electron chi connectivity index (χ2n) is 7.56. The Morgan fingerprint density at radius 2 is 1.93 bits per heavy atom. The van der Waals surface area contributed by atoms with Crippen molar-refractivity contribution in [3.8, 4) is 5.75 Å². The Balaban J connectivity index is 1.58. The number of anilines is 1. The van der Waals surface area contributed by atoms with E-state index in [1.807, 2.05) is 23.1 Å². The fraction of sp³-hybridized carbons (Fsp3) is 0.632. The highest BCUT2D eigenvalue weighted by atomic mass is 32.2. The molecule has 1 atom stereocenters. The Hall–Kier alpha value is -1.84. The van der Waals surface area contributed by atoms with Gasteiger partial charge < -0.3 is 15.0 Å². The van der Waals surface area contributed by atoms with Crippen molar-refractivity contribution in [2.75, 3.05) is 58.0 Å². The number of ether oxygens (including phenoxy) is 1. The van der Waals surface area contributed by atoms with Crippen LogP contribution in [-0.2, 0) is 10.0 Å². The number of hydrogen-bond acceptors (Lipinski definition) is 5. The van der Waals surface area contributed by atoms with E-state index >= 15 is 0 Å². The van der Waals surface area contributed by atoms with E-state index in [-0.39, 0.29) is 11.6 Å². The molecule has 0 radical (unpaired) electrons. The van der Waals surface area contributed by atoms with Crippen LogP contribution in [0.5, 0.6) is 5.75 Å². The SMILES string of the molecule is CC[C@]1(N2CCN(C(=O)Nc3cccc(OC)c3)CC2)CCN(S(C)(=O)=O)C1. The van der Waals surface area contributed by atoms with E-state index in [1.165, 1.54) is 6.26 Å². The molecule has 0 saturated carbocycles. The highest BCUT2D eigenvalue weighted by Crippen LogP contribution is 2.33. The Kier molecular flexibility index (Phi) is 6.16. The van der Waals surface area contributed by atoms with E-state index in [9.17, 15) is 13.2 Å². The molecule has 2 fully saturated rings. The second kappa shape index (κ2) is 8.26. The van der Waals surface area contributed by atoms with Gasteiger partial charge in [-0.1, -0.05) is 13.0 Å². The van der Waals surface area contributed by atoms with Crippen LogP contribution in [0.25, 0.3) is 0 Å². The van der Waals surface area contributed by atoms with Gasteiger partial charge in [-0.3, -0.25) is 4.90 Å². The van der Waals surface area contributed by atoms with Gasteiger partial charge in [0.1, 0.15) is 5.75 Å². The number of carbonyl (C=O) groups excluding carboxylic acids is 1. The van der Waals surface area contributed by atoms with E-state index in [4.69, 9.17) is 4.74 Å². The number of rotatable bonds is 5. The molecule has 2 saturated heterocycles. The lowest BCUT2D eigenvalue weighted by atomic mass is 9.92. The molecule has 3 rings (SSSR count). The molecular weight excluding hydrogens is 380 g/mol. The summed E-state index contributed by atoms with van der Waals surface area (Å²) in [5.74, 6) is 0.698. The molecule has 2 amide bonds. The van der Waals surface area contributed by atoms with Gasteiger partial charge >= 0.3 is 6.03 Å². The smallest absolute Gasteiger partial charge is 0.321 e. The number of nitrogens with one attached hydrogen (secondary N) is 1. The summed E-state index contributed by atoms with van der Waals surface area (Å²) in [6.07, 6.45) is 3.02. The normalized spacial score (nSPS) is 24.3. The molecule has 2 aliphatic rings. The molecular formula is C19H30N4O4S. The quantitative estimate of drug-likeness (QED) is 0.798. The monoisotopic (exact) mass is 410 g/mol. The Bertz CT molecular complexity index is 808. The molecule has 0 bridgehead atoms. The van der Waals surface area contributed by atoms with Crippen LogP contribution in [0.3, 0.4) is 0 Å². The van der Waals surface area contributed by atoms with Gasteiger partial charge in [-0.05, 0) is 25.0 Å². The van der Waals surface area contributed by atoms with Gasteiger partial charge in [0.15, 0.2) is 0 Å². The zero-order valence-corrected chi connectivity index (χ0v) is 17.7. The molecule has 9 heteroatoms. The minimum absolute atomic E-state index is 0.123. The fourth-order valence-corrected chi connectivity index (χ4v) is 5.06. The van der Waals surface area contributed by atoms with Crippen molar-refractivity contribution in [1.82, 2.24) is 14.1 Å². The number of amides is 2. The summed E-state index contributed by atoms with van der Waals surface area (Å²) in [6, 6.07) is 7.17. The third kappa shape index (κ3) is 4.42. The van der Waals surface area contributed by atoms with Gasteiger partial charge in [-0.2, -0.15) is 0 Å². The first-order chi connectivity index (χ1) is 13.3. The van der Waals surface area contributed by atoms with Crippen LogP contribution >= 0.6 is 0 Å². The number of urea groups is 1. The van der Waals surface area contributed by atoms with Crippen LogP contribution in [0.15, 0.2) is 24.3 Å². The van der Waals surface area contributed by atoms with Crippen molar-refractivity contribution in [2.45, 2.75) is 25.3 Å². The lowest BCUT2D eigenvalue weighted by molar-refractivity contribution is 0.0498. The van der Waals surface area contributed by atoms with Crippen LogP contribution in [0.1, 0.15) is 19.8 Å². The van der Waals surface area contributed by atoms with Crippen LogP contribution in [0.4, 0.5) is 10.5 Å². The molecule has 2 heterocycles. The summed E-state index contributed by atoms with van der Waals surface area (Å²) in [5, 5.41) is 2.92. The number of nitrogens with zero attached hydrogens (tertiary/aromatic N) is 3. The van der Waals surface area contributed by atoms with Crippen molar-refractivity contribution in [3.05, 3.63) is 24.3 Å². The maximum Gasteiger partial charge on any atom is 0.321 e. The molecule has 0 spiro atoms. The summed E-state index contributed by atoms with van der Waals surface area (Å²) in [4.78, 5) is 16.8. The summed E-state index contributed by atoms with van der Waals surface area (Å²) in [5.41, 5.74) is 0.578. The zero-order chi connectivity index (χ0) is 20.4. The fourth-order valence-electron chi connectivity index (χ4n) is 4.16. The Labute approximate surface area is 167 Å². The molecule has 8 nitrogen and oxygen atoms in total. The first-order valence-corrected chi connectivity index (χ1v) is 11.5. The van der Waals surface area contributed by atoms with Gasteiger partial charge in [0.2, 0.25) is 10.0 Å². The lowest BCUT2D eigenvalue weighted by Gasteiger charge is -2.45. The van der Waals surface area contributed by atoms with Crippen molar-refractivity contribution < 1.29 is 17.9 Å². The average Bonchev–Trinajstić information content (AvgIpc) is 3.15. The first kappa shape index (κ1) is 20.9. The van der Waals surface area contributed by atoms with Crippen LogP contribution in [-0.4, -0.2) is 86.7 Å². The largest absolute Gasteiger partial charge is 0.497 e. The minimum atomic E-state index is -3.17. The van der Waals surface area contributed by atoms with E-state index in [0.29, 0.717) is 37.6 Å². The van der Waals surface area contributed by atoms with Crippen LogP contribution < -0.4 is 10.1 Å². The average molecular weight is 411 g/mol. The molecule has 1 aromatic carbocycles. The predicted molar refractivity (Wildman–Crippen MR) is 109 cm³/mol. The van der Waals surface area contributed by atoms with Gasteiger partial charge in [0.05, 0.1) is 13.4 Å². The number of carbonyl (C=O) groups is 1. The standard InChI is InChI=1S/C19H30N4O4S/c1-4-19(8-9-23(15-19)28(3,25)26)22-12-10-21(11-13-22)18(24)20-16-6-5-7-17(14-16)27-2/h5-7,14H,4,8-13,15H2,1-3H3,(H,20,24)/t19-/m0/s1. The predicted octanol–water partition coefficient (Wildman–Crippen LogP) is 1.66. The third-order valence-electron chi connectivity index (χ3n) is 5.98. The number of methoxy groups -OCH3 is 1. The van der Waals surface area contributed by atoms with Crippen molar-refractivity contribution in [3.63, 3.8) is 0 Å². The molecule has 0 aliphatic carbocycles. The highest BCUT2D eigenvalue weighted by Gasteiger charge is 2.45. The van der Waals surface area contributed by atoms with E-state index in [1.54, 1.807) is 17.5 Å². The third-order valence-corrected chi connectivity index (χ3v) is 7.23. The van der Waals surface area contributed by atoms with Crippen LogP contribution in [0.2, 0.25) is 0 Å². The molecule has 0 aromatic heterocycles. The van der Waals surface area contributed by atoms with Crippen molar-refractivity contribution in [1.29, 1.82) is 0 Å². The molecule has 28 heavy (non-hydrogen) atoms. The van der Waals surface area contributed by atoms with Gasteiger partial charge in [-0.15, -0.1) is 0 Å². The Morgan fingerprint density at radius 1 is 1.21 bits per heavy atom. The molecule has 2 aliphatic heterocycles. The second-order valence-corrected chi connectivity index (χ2v) is 9.54. The summed E-state index contributed by atoms with van der Waals surface area (Å²) in [7, 11) is -1.57. The zero-order valence-electron chi connectivity index (χ0n) is 16.8. The molecule has 1 N–H and O–H groups in total. The maximum absolute atomic E-state index is 12.6. The topological polar surface area (TPSA) is 82.2 Å². The minimum Gasteiger partial charge on any atom is -0.497 e.